The molecule has 2 unspecified atom stereocenters. The summed E-state index contributed by atoms with van der Waals surface area (Å²) < 4.78 is 0. The maximum atomic E-state index is 12.4. The first-order chi connectivity index (χ1) is 28.2. The molecule has 0 saturated heterocycles. The lowest BCUT2D eigenvalue weighted by Crippen LogP contribution is -2.45. The standard InChI is InChI=1S/C53H101NO3/c1-3-5-7-9-11-13-15-17-19-21-23-25-27-29-31-33-35-37-39-41-43-45-47-49-53(57)54-51(50-55)52(56)48-46-44-42-40-38-36-34-32-30-28-26-24-22-20-18-16-14-12-10-8-6-4-2/h15,17,21,23,46,48,51-52,55-56H,3-14,16,18-20,22,24-45,47,49-50H2,1-2H3,(H,54,57)/b17-15-,23-21-,48-46+. The molecule has 0 spiro atoms. The summed E-state index contributed by atoms with van der Waals surface area (Å²) in [7, 11) is 0. The van der Waals surface area contributed by atoms with Gasteiger partial charge in [0.1, 0.15) is 0 Å². The summed E-state index contributed by atoms with van der Waals surface area (Å²) in [4.78, 5) is 12.4. The summed E-state index contributed by atoms with van der Waals surface area (Å²) >= 11 is 0. The van der Waals surface area contributed by atoms with Crippen molar-refractivity contribution in [2.45, 2.75) is 289 Å². The van der Waals surface area contributed by atoms with Gasteiger partial charge in [0.15, 0.2) is 0 Å². The van der Waals surface area contributed by atoms with Crippen LogP contribution in [0.25, 0.3) is 0 Å². The van der Waals surface area contributed by atoms with Crippen LogP contribution in [-0.2, 0) is 4.79 Å². The van der Waals surface area contributed by atoms with Gasteiger partial charge < -0.3 is 15.5 Å². The Morgan fingerprint density at radius 2 is 0.719 bits per heavy atom. The highest BCUT2D eigenvalue weighted by molar-refractivity contribution is 5.76. The number of rotatable bonds is 47. The molecule has 57 heavy (non-hydrogen) atoms. The van der Waals surface area contributed by atoms with Crippen molar-refractivity contribution in [3.05, 3.63) is 36.5 Å². The number of nitrogens with one attached hydrogen (secondary N) is 1. The zero-order valence-electron chi connectivity index (χ0n) is 38.6. The lowest BCUT2D eigenvalue weighted by Gasteiger charge is -2.20. The van der Waals surface area contributed by atoms with Gasteiger partial charge in [-0.3, -0.25) is 4.79 Å². The van der Waals surface area contributed by atoms with Crippen LogP contribution in [0.1, 0.15) is 277 Å². The topological polar surface area (TPSA) is 69.6 Å². The van der Waals surface area contributed by atoms with Crippen molar-refractivity contribution in [1.29, 1.82) is 0 Å². The maximum Gasteiger partial charge on any atom is 0.220 e. The van der Waals surface area contributed by atoms with Crippen LogP contribution in [-0.4, -0.2) is 34.9 Å². The molecule has 0 fully saturated rings. The van der Waals surface area contributed by atoms with Gasteiger partial charge in [0.25, 0.3) is 0 Å². The summed E-state index contributed by atoms with van der Waals surface area (Å²) in [5, 5.41) is 23.1. The van der Waals surface area contributed by atoms with Gasteiger partial charge in [-0.25, -0.2) is 0 Å². The van der Waals surface area contributed by atoms with Crippen molar-refractivity contribution < 1.29 is 15.0 Å². The number of unbranched alkanes of at least 4 members (excludes halogenated alkanes) is 36. The van der Waals surface area contributed by atoms with Gasteiger partial charge in [-0.2, -0.15) is 0 Å². The molecule has 4 nitrogen and oxygen atoms in total. The van der Waals surface area contributed by atoms with E-state index in [-0.39, 0.29) is 12.5 Å². The predicted octanol–water partition coefficient (Wildman–Crippen LogP) is 16.5. The van der Waals surface area contributed by atoms with Crippen LogP contribution in [0.3, 0.4) is 0 Å². The van der Waals surface area contributed by atoms with Crippen LogP contribution in [0.2, 0.25) is 0 Å². The highest BCUT2D eigenvalue weighted by Crippen LogP contribution is 2.16. The Kier molecular flexibility index (Phi) is 47.8. The van der Waals surface area contributed by atoms with Crippen molar-refractivity contribution in [2.24, 2.45) is 0 Å². The molecule has 4 heteroatoms. The summed E-state index contributed by atoms with van der Waals surface area (Å²) in [5.41, 5.74) is 0. The molecule has 0 aliphatic heterocycles. The normalized spacial score (nSPS) is 13.1. The number of aliphatic hydroxyl groups is 2. The number of aliphatic hydroxyl groups excluding tert-OH is 2. The molecule has 2 atom stereocenters. The van der Waals surface area contributed by atoms with E-state index in [1.54, 1.807) is 6.08 Å². The molecule has 0 aliphatic carbocycles. The molecule has 0 rings (SSSR count). The van der Waals surface area contributed by atoms with E-state index in [4.69, 9.17) is 0 Å². The minimum Gasteiger partial charge on any atom is -0.394 e. The minimum atomic E-state index is -0.840. The first kappa shape index (κ1) is 55.6. The van der Waals surface area contributed by atoms with Crippen molar-refractivity contribution in [2.75, 3.05) is 6.61 Å². The fourth-order valence-corrected chi connectivity index (χ4v) is 7.92. The molecule has 0 aliphatic rings. The molecule has 0 aromatic carbocycles. The van der Waals surface area contributed by atoms with Crippen molar-refractivity contribution in [3.8, 4) is 0 Å². The van der Waals surface area contributed by atoms with Gasteiger partial charge in [-0.1, -0.05) is 256 Å². The third-order valence-electron chi connectivity index (χ3n) is 11.9. The van der Waals surface area contributed by atoms with Crippen LogP contribution in [0.4, 0.5) is 0 Å². The zero-order chi connectivity index (χ0) is 41.4. The molecule has 336 valence electrons. The first-order valence-electron chi connectivity index (χ1n) is 25.7. The Hall–Kier alpha value is -1.39. The third-order valence-corrected chi connectivity index (χ3v) is 11.9. The Balaban J connectivity index is 3.52. The smallest absolute Gasteiger partial charge is 0.220 e. The van der Waals surface area contributed by atoms with E-state index in [1.165, 1.54) is 225 Å². The van der Waals surface area contributed by atoms with Crippen molar-refractivity contribution in [3.63, 3.8) is 0 Å². The summed E-state index contributed by atoms with van der Waals surface area (Å²) in [6.45, 7) is 4.32. The highest BCUT2D eigenvalue weighted by atomic mass is 16.3. The van der Waals surface area contributed by atoms with E-state index in [2.05, 4.69) is 43.5 Å². The van der Waals surface area contributed by atoms with E-state index in [0.717, 1.165) is 32.1 Å². The summed E-state index contributed by atoms with van der Waals surface area (Å²) in [5.74, 6) is -0.0635. The summed E-state index contributed by atoms with van der Waals surface area (Å²) in [6, 6.07) is -0.623. The van der Waals surface area contributed by atoms with E-state index in [9.17, 15) is 15.0 Å². The van der Waals surface area contributed by atoms with Gasteiger partial charge in [0.2, 0.25) is 5.91 Å². The molecule has 1 amide bonds. The van der Waals surface area contributed by atoms with Gasteiger partial charge in [-0.15, -0.1) is 0 Å². The Morgan fingerprint density at radius 1 is 0.421 bits per heavy atom. The lowest BCUT2D eigenvalue weighted by atomic mass is 10.0. The Labute approximate surface area is 357 Å². The van der Waals surface area contributed by atoms with Gasteiger partial charge in [-0.05, 0) is 51.4 Å². The fourth-order valence-electron chi connectivity index (χ4n) is 7.92. The van der Waals surface area contributed by atoms with E-state index in [0.29, 0.717) is 6.42 Å². The Morgan fingerprint density at radius 3 is 1.05 bits per heavy atom. The number of allylic oxidation sites excluding steroid dienone is 5. The van der Waals surface area contributed by atoms with Crippen LogP contribution in [0.15, 0.2) is 36.5 Å². The first-order valence-corrected chi connectivity index (χ1v) is 25.7. The van der Waals surface area contributed by atoms with Crippen LogP contribution in [0.5, 0.6) is 0 Å². The van der Waals surface area contributed by atoms with E-state index in [1.807, 2.05) is 6.08 Å². The molecule has 0 aromatic heterocycles. The molecule has 0 saturated carbocycles. The van der Waals surface area contributed by atoms with Crippen LogP contribution >= 0.6 is 0 Å². The monoisotopic (exact) mass is 800 g/mol. The molecular formula is C53H101NO3. The second-order valence-electron chi connectivity index (χ2n) is 17.6. The quantitative estimate of drug-likeness (QED) is 0.0424. The molecule has 0 heterocycles. The number of carbonyl (C=O) groups excluding carboxylic acids is 1. The van der Waals surface area contributed by atoms with Crippen LogP contribution < -0.4 is 5.32 Å². The molecule has 0 aromatic rings. The number of hydrogen-bond acceptors (Lipinski definition) is 3. The largest absolute Gasteiger partial charge is 0.394 e. The molecular weight excluding hydrogens is 699 g/mol. The van der Waals surface area contributed by atoms with Crippen LogP contribution in [0, 0.1) is 0 Å². The Bertz CT molecular complexity index is 866. The number of carbonyl (C=O) groups is 1. The second kappa shape index (κ2) is 49.0. The molecule has 3 N–H and O–H groups in total. The van der Waals surface area contributed by atoms with Crippen molar-refractivity contribution >= 4 is 5.91 Å². The average molecular weight is 800 g/mol. The van der Waals surface area contributed by atoms with Crippen molar-refractivity contribution in [1.82, 2.24) is 5.32 Å². The zero-order valence-corrected chi connectivity index (χ0v) is 38.6. The maximum absolute atomic E-state index is 12.4. The second-order valence-corrected chi connectivity index (χ2v) is 17.6. The number of hydrogen-bond donors (Lipinski definition) is 3. The highest BCUT2D eigenvalue weighted by Gasteiger charge is 2.18. The number of amides is 1. The third kappa shape index (κ3) is 45.5. The average Bonchev–Trinajstić information content (AvgIpc) is 3.22. The molecule has 0 bridgehead atoms. The molecule has 0 radical (unpaired) electrons. The summed E-state index contributed by atoms with van der Waals surface area (Å²) in [6.07, 6.45) is 65.6. The van der Waals surface area contributed by atoms with Gasteiger partial charge >= 0.3 is 0 Å². The predicted molar refractivity (Wildman–Crippen MR) is 253 cm³/mol. The minimum absolute atomic E-state index is 0.0635. The fraction of sp³-hybridized carbons (Fsp3) is 0.868. The van der Waals surface area contributed by atoms with E-state index < -0.39 is 12.1 Å². The van der Waals surface area contributed by atoms with Gasteiger partial charge in [0, 0.05) is 6.42 Å². The van der Waals surface area contributed by atoms with E-state index >= 15 is 0 Å². The SMILES string of the molecule is CCCCCCC/C=C\C/C=C\CCCCCCCCCCCCCC(=O)NC(CO)C(O)/C=C/CCCCCCCCCCCCCCCCCCCCCC. The lowest BCUT2D eigenvalue weighted by molar-refractivity contribution is -0.123. The van der Waals surface area contributed by atoms with Gasteiger partial charge in [0.05, 0.1) is 18.8 Å².